The van der Waals surface area contributed by atoms with Crippen LogP contribution in [0.15, 0.2) is 18.3 Å². The second-order valence-electron chi connectivity index (χ2n) is 7.32. The van der Waals surface area contributed by atoms with Gasteiger partial charge in [0.2, 0.25) is 5.91 Å². The molecule has 106 valence electrons. The SMILES string of the molecule is CC(C)(C)CCc1ccc(NC(=O)C(C)(C)C)nc1. The fourth-order valence-corrected chi connectivity index (χ4v) is 1.47. The Hall–Kier alpha value is -1.38. The molecule has 0 aliphatic rings. The van der Waals surface area contributed by atoms with E-state index < -0.39 is 5.41 Å². The molecule has 0 saturated heterocycles. The molecule has 0 saturated carbocycles. The number of hydrogen-bond donors (Lipinski definition) is 1. The number of aromatic nitrogens is 1. The molecule has 0 fully saturated rings. The van der Waals surface area contributed by atoms with Crippen LogP contribution in [0, 0.1) is 10.8 Å². The highest BCUT2D eigenvalue weighted by Crippen LogP contribution is 2.22. The molecule has 0 atom stereocenters. The minimum Gasteiger partial charge on any atom is -0.310 e. The topological polar surface area (TPSA) is 42.0 Å². The first kappa shape index (κ1) is 15.7. The Balaban J connectivity index is 2.60. The normalized spacial score (nSPS) is 12.3. The van der Waals surface area contributed by atoms with Gasteiger partial charge in [0.25, 0.3) is 0 Å². The van der Waals surface area contributed by atoms with E-state index in [1.54, 1.807) is 0 Å². The van der Waals surface area contributed by atoms with E-state index >= 15 is 0 Å². The van der Waals surface area contributed by atoms with Gasteiger partial charge in [0.1, 0.15) is 5.82 Å². The third-order valence-electron chi connectivity index (χ3n) is 2.91. The van der Waals surface area contributed by atoms with Crippen molar-refractivity contribution in [1.82, 2.24) is 4.98 Å². The highest BCUT2D eigenvalue weighted by atomic mass is 16.2. The van der Waals surface area contributed by atoms with Crippen LogP contribution in [0.4, 0.5) is 5.82 Å². The Morgan fingerprint density at radius 1 is 1.16 bits per heavy atom. The van der Waals surface area contributed by atoms with Gasteiger partial charge in [0.05, 0.1) is 0 Å². The lowest BCUT2D eigenvalue weighted by Crippen LogP contribution is -2.28. The maximum absolute atomic E-state index is 11.8. The largest absolute Gasteiger partial charge is 0.310 e. The average molecular weight is 262 g/mol. The minimum atomic E-state index is -0.396. The summed E-state index contributed by atoms with van der Waals surface area (Å²) in [7, 11) is 0. The number of anilines is 1. The highest BCUT2D eigenvalue weighted by Gasteiger charge is 2.21. The number of carbonyl (C=O) groups is 1. The molecule has 0 aliphatic heterocycles. The lowest BCUT2D eigenvalue weighted by Gasteiger charge is -2.18. The molecule has 1 aromatic rings. The Kier molecular flexibility index (Phi) is 4.72. The predicted molar refractivity (Wildman–Crippen MR) is 80.1 cm³/mol. The second kappa shape index (κ2) is 5.72. The first-order chi connectivity index (χ1) is 8.58. The van der Waals surface area contributed by atoms with E-state index in [0.29, 0.717) is 11.2 Å². The molecule has 0 aliphatic carbocycles. The van der Waals surface area contributed by atoms with Crippen LogP contribution in [0.2, 0.25) is 0 Å². The second-order valence-corrected chi connectivity index (χ2v) is 7.32. The summed E-state index contributed by atoms with van der Waals surface area (Å²) >= 11 is 0. The number of amides is 1. The average Bonchev–Trinajstić information content (AvgIpc) is 2.26. The summed E-state index contributed by atoms with van der Waals surface area (Å²) in [6.45, 7) is 12.4. The van der Waals surface area contributed by atoms with Crippen LogP contribution >= 0.6 is 0 Å². The molecule has 0 aromatic carbocycles. The van der Waals surface area contributed by atoms with Crippen molar-refractivity contribution in [2.75, 3.05) is 5.32 Å². The fraction of sp³-hybridized carbons (Fsp3) is 0.625. The van der Waals surface area contributed by atoms with Crippen molar-refractivity contribution >= 4 is 11.7 Å². The first-order valence-electron chi connectivity index (χ1n) is 6.84. The lowest BCUT2D eigenvalue weighted by molar-refractivity contribution is -0.123. The number of pyridine rings is 1. The van der Waals surface area contributed by atoms with Crippen molar-refractivity contribution in [3.63, 3.8) is 0 Å². The van der Waals surface area contributed by atoms with Crippen LogP contribution < -0.4 is 5.32 Å². The van der Waals surface area contributed by atoms with Gasteiger partial charge in [-0.3, -0.25) is 4.79 Å². The summed E-state index contributed by atoms with van der Waals surface area (Å²) in [5, 5.41) is 2.83. The molecular weight excluding hydrogens is 236 g/mol. The number of hydrogen-bond acceptors (Lipinski definition) is 2. The van der Waals surface area contributed by atoms with E-state index in [1.165, 1.54) is 5.56 Å². The van der Waals surface area contributed by atoms with Crippen molar-refractivity contribution < 1.29 is 4.79 Å². The zero-order chi connectivity index (χ0) is 14.7. The van der Waals surface area contributed by atoms with Crippen molar-refractivity contribution in [1.29, 1.82) is 0 Å². The quantitative estimate of drug-likeness (QED) is 0.893. The molecule has 0 radical (unpaired) electrons. The minimum absolute atomic E-state index is 0.0116. The molecule has 1 aromatic heterocycles. The van der Waals surface area contributed by atoms with E-state index in [1.807, 2.05) is 39.1 Å². The number of rotatable bonds is 3. The van der Waals surface area contributed by atoms with Gasteiger partial charge < -0.3 is 5.32 Å². The van der Waals surface area contributed by atoms with E-state index in [-0.39, 0.29) is 5.91 Å². The number of carbonyl (C=O) groups excluding carboxylic acids is 1. The molecule has 19 heavy (non-hydrogen) atoms. The standard InChI is InChI=1S/C16H26N2O/c1-15(2,3)10-9-12-7-8-13(17-11-12)18-14(19)16(4,5)6/h7-8,11H,9-10H2,1-6H3,(H,17,18,19). The molecule has 3 nitrogen and oxygen atoms in total. The Bertz CT molecular complexity index is 422. The first-order valence-corrected chi connectivity index (χ1v) is 6.84. The van der Waals surface area contributed by atoms with E-state index in [2.05, 4.69) is 31.1 Å². The van der Waals surface area contributed by atoms with Gasteiger partial charge >= 0.3 is 0 Å². The molecule has 1 rings (SSSR count). The molecule has 3 heteroatoms. The summed E-state index contributed by atoms with van der Waals surface area (Å²) in [5.74, 6) is 0.613. The van der Waals surface area contributed by atoms with Gasteiger partial charge in [-0.1, -0.05) is 47.6 Å². The molecule has 1 heterocycles. The van der Waals surface area contributed by atoms with Gasteiger partial charge in [0, 0.05) is 11.6 Å². The summed E-state index contributed by atoms with van der Waals surface area (Å²) < 4.78 is 0. The number of nitrogens with zero attached hydrogens (tertiary/aromatic N) is 1. The van der Waals surface area contributed by atoms with Crippen molar-refractivity contribution in [3.05, 3.63) is 23.9 Å². The zero-order valence-electron chi connectivity index (χ0n) is 13.0. The van der Waals surface area contributed by atoms with Crippen LogP contribution in [0.25, 0.3) is 0 Å². The molecule has 1 N–H and O–H groups in total. The van der Waals surface area contributed by atoms with E-state index in [9.17, 15) is 4.79 Å². The van der Waals surface area contributed by atoms with Crippen molar-refractivity contribution in [2.24, 2.45) is 10.8 Å². The molecular formula is C16H26N2O. The third-order valence-corrected chi connectivity index (χ3v) is 2.91. The smallest absolute Gasteiger partial charge is 0.230 e. The van der Waals surface area contributed by atoms with E-state index in [0.717, 1.165) is 12.8 Å². The Morgan fingerprint density at radius 3 is 2.21 bits per heavy atom. The van der Waals surface area contributed by atoms with Gasteiger partial charge in [-0.2, -0.15) is 0 Å². The van der Waals surface area contributed by atoms with Crippen molar-refractivity contribution in [2.45, 2.75) is 54.4 Å². The van der Waals surface area contributed by atoms with Gasteiger partial charge in [0.15, 0.2) is 0 Å². The van der Waals surface area contributed by atoms with Gasteiger partial charge in [-0.25, -0.2) is 4.98 Å². The summed E-state index contributed by atoms with van der Waals surface area (Å²) in [4.78, 5) is 16.1. The predicted octanol–water partition coefficient (Wildman–Crippen LogP) is 4.04. The van der Waals surface area contributed by atoms with Gasteiger partial charge in [-0.05, 0) is 29.9 Å². The summed E-state index contributed by atoms with van der Waals surface area (Å²) in [5.41, 5.74) is 1.15. The molecule has 1 amide bonds. The monoisotopic (exact) mass is 262 g/mol. The molecule has 0 spiro atoms. The Morgan fingerprint density at radius 2 is 1.79 bits per heavy atom. The van der Waals surface area contributed by atoms with Crippen LogP contribution in [0.5, 0.6) is 0 Å². The molecule has 0 unspecified atom stereocenters. The maximum atomic E-state index is 11.8. The third kappa shape index (κ3) is 5.86. The number of aryl methyl sites for hydroxylation is 1. The van der Waals surface area contributed by atoms with Gasteiger partial charge in [-0.15, -0.1) is 0 Å². The highest BCUT2D eigenvalue weighted by molar-refractivity contribution is 5.93. The number of nitrogens with one attached hydrogen (secondary N) is 1. The molecule has 0 bridgehead atoms. The van der Waals surface area contributed by atoms with Crippen LogP contribution in [0.3, 0.4) is 0 Å². The summed E-state index contributed by atoms with van der Waals surface area (Å²) in [6.07, 6.45) is 4.00. The Labute approximate surface area is 116 Å². The van der Waals surface area contributed by atoms with Crippen LogP contribution in [-0.4, -0.2) is 10.9 Å². The summed E-state index contributed by atoms with van der Waals surface area (Å²) in [6, 6.07) is 3.92. The van der Waals surface area contributed by atoms with Crippen LogP contribution in [0.1, 0.15) is 53.5 Å². The fourth-order valence-electron chi connectivity index (χ4n) is 1.47. The maximum Gasteiger partial charge on any atom is 0.230 e. The van der Waals surface area contributed by atoms with Crippen LogP contribution in [-0.2, 0) is 11.2 Å². The van der Waals surface area contributed by atoms with E-state index in [4.69, 9.17) is 0 Å². The zero-order valence-corrected chi connectivity index (χ0v) is 13.0. The lowest BCUT2D eigenvalue weighted by atomic mass is 9.89. The van der Waals surface area contributed by atoms with Crippen molar-refractivity contribution in [3.8, 4) is 0 Å².